The summed E-state index contributed by atoms with van der Waals surface area (Å²) in [5, 5.41) is 0. The van der Waals surface area contributed by atoms with Crippen molar-refractivity contribution in [2.45, 2.75) is 104 Å². The van der Waals surface area contributed by atoms with Gasteiger partial charge in [-0.25, -0.2) is 5.84 Å². The Bertz CT molecular complexity index is 350. The second-order valence-corrected chi connectivity index (χ2v) is 6.99. The lowest BCUT2D eigenvalue weighted by Crippen LogP contribution is -2.35. The average Bonchev–Trinajstić information content (AvgIpc) is 2.64. The lowest BCUT2D eigenvalue weighted by atomic mass is 9.97. The normalized spacial score (nSPS) is 12.9. The first-order chi connectivity index (χ1) is 12.3. The summed E-state index contributed by atoms with van der Waals surface area (Å²) < 4.78 is 0. The molecule has 0 aromatic heterocycles. The van der Waals surface area contributed by atoms with E-state index in [1.807, 2.05) is 0 Å². The Morgan fingerprint density at radius 1 is 0.840 bits per heavy atom. The molecule has 1 amide bonds. The molecule has 0 heterocycles. The van der Waals surface area contributed by atoms with Gasteiger partial charge < -0.3 is 0 Å². The maximum atomic E-state index is 11.5. The fraction of sp³-hybridized carbons (Fsp3) is 0.773. The molecule has 0 aromatic rings. The molecule has 0 saturated heterocycles. The molecular weight excluding hydrogens is 308 g/mol. The molecule has 25 heavy (non-hydrogen) atoms. The van der Waals surface area contributed by atoms with Gasteiger partial charge in [0.25, 0.3) is 0 Å². The summed E-state index contributed by atoms with van der Waals surface area (Å²) >= 11 is 0. The molecule has 0 fully saturated rings. The van der Waals surface area contributed by atoms with Crippen LogP contribution in [0, 0.1) is 5.92 Å². The zero-order valence-corrected chi connectivity index (χ0v) is 16.8. The van der Waals surface area contributed by atoms with Crippen molar-refractivity contribution < 1.29 is 4.79 Å². The predicted molar refractivity (Wildman–Crippen MR) is 110 cm³/mol. The number of carbonyl (C=O) groups excluding carboxylic acids is 1. The first kappa shape index (κ1) is 23.9. The Morgan fingerprint density at radius 3 is 1.96 bits per heavy atom. The standard InChI is InChI=1S/C22H42N2O/c1-3-5-6-7-8-9-10-11-12-13-14-15-16-17-18-19-20-21(4-2)22(25)24-23/h8-9,11-12,21H,3-7,10,13-20,23H2,1-2H3,(H,24,25). The van der Waals surface area contributed by atoms with Crippen LogP contribution >= 0.6 is 0 Å². The number of nitrogens with one attached hydrogen (secondary N) is 1. The molecule has 3 nitrogen and oxygen atoms in total. The van der Waals surface area contributed by atoms with Gasteiger partial charge in [0.1, 0.15) is 0 Å². The topological polar surface area (TPSA) is 55.1 Å². The van der Waals surface area contributed by atoms with Crippen LogP contribution in [0.5, 0.6) is 0 Å². The number of unbranched alkanes of at least 4 members (excludes halogenated alkanes) is 9. The van der Waals surface area contributed by atoms with E-state index in [0.717, 1.165) is 25.7 Å². The Kier molecular flexibility index (Phi) is 18.4. The van der Waals surface area contributed by atoms with E-state index in [1.165, 1.54) is 64.2 Å². The minimum Gasteiger partial charge on any atom is -0.294 e. The van der Waals surface area contributed by atoms with Gasteiger partial charge in [0.2, 0.25) is 5.91 Å². The van der Waals surface area contributed by atoms with Crippen molar-refractivity contribution in [2.24, 2.45) is 11.8 Å². The van der Waals surface area contributed by atoms with Crippen LogP contribution in [0.25, 0.3) is 0 Å². The molecule has 0 spiro atoms. The van der Waals surface area contributed by atoms with Gasteiger partial charge in [0.05, 0.1) is 0 Å². The summed E-state index contributed by atoms with van der Waals surface area (Å²) in [6, 6.07) is 0. The summed E-state index contributed by atoms with van der Waals surface area (Å²) in [5.74, 6) is 5.29. The molecule has 146 valence electrons. The Balaban J connectivity index is 3.35. The molecule has 1 atom stereocenters. The highest BCUT2D eigenvalue weighted by molar-refractivity contribution is 5.77. The second kappa shape index (κ2) is 19.2. The van der Waals surface area contributed by atoms with E-state index < -0.39 is 0 Å². The lowest BCUT2D eigenvalue weighted by Gasteiger charge is -2.12. The average molecular weight is 351 g/mol. The summed E-state index contributed by atoms with van der Waals surface area (Å²) in [7, 11) is 0. The molecule has 0 rings (SSSR count). The van der Waals surface area contributed by atoms with Crippen molar-refractivity contribution in [3.8, 4) is 0 Å². The predicted octanol–water partition coefficient (Wildman–Crippen LogP) is 6.21. The second-order valence-electron chi connectivity index (χ2n) is 6.99. The third-order valence-electron chi connectivity index (χ3n) is 4.76. The number of nitrogens with two attached hydrogens (primary N) is 1. The molecule has 0 aliphatic rings. The fourth-order valence-corrected chi connectivity index (χ4v) is 3.02. The van der Waals surface area contributed by atoms with E-state index in [1.54, 1.807) is 0 Å². The van der Waals surface area contributed by atoms with E-state index in [4.69, 9.17) is 5.84 Å². The van der Waals surface area contributed by atoms with Gasteiger partial charge in [-0.15, -0.1) is 0 Å². The molecule has 0 saturated carbocycles. The van der Waals surface area contributed by atoms with Gasteiger partial charge in [-0.2, -0.15) is 0 Å². The van der Waals surface area contributed by atoms with Crippen LogP contribution in [-0.4, -0.2) is 5.91 Å². The van der Waals surface area contributed by atoms with Crippen LogP contribution < -0.4 is 11.3 Å². The largest absolute Gasteiger partial charge is 0.294 e. The summed E-state index contributed by atoms with van der Waals surface area (Å²) in [6.07, 6.45) is 26.2. The van der Waals surface area contributed by atoms with Gasteiger partial charge in [-0.05, 0) is 44.9 Å². The lowest BCUT2D eigenvalue weighted by molar-refractivity contribution is -0.125. The van der Waals surface area contributed by atoms with E-state index in [9.17, 15) is 4.79 Å². The Morgan fingerprint density at radius 2 is 1.40 bits per heavy atom. The van der Waals surface area contributed by atoms with Crippen LogP contribution in [0.4, 0.5) is 0 Å². The van der Waals surface area contributed by atoms with Crippen LogP contribution in [0.1, 0.15) is 104 Å². The molecule has 3 N–H and O–H groups in total. The molecule has 0 bridgehead atoms. The molecule has 0 aromatic carbocycles. The zero-order chi connectivity index (χ0) is 18.6. The van der Waals surface area contributed by atoms with Gasteiger partial charge in [-0.3, -0.25) is 10.2 Å². The number of hydrogen-bond donors (Lipinski definition) is 2. The highest BCUT2D eigenvalue weighted by Gasteiger charge is 2.13. The highest BCUT2D eigenvalue weighted by atomic mass is 16.2. The Hall–Kier alpha value is -1.09. The van der Waals surface area contributed by atoms with Crippen molar-refractivity contribution in [2.75, 3.05) is 0 Å². The van der Waals surface area contributed by atoms with Crippen molar-refractivity contribution in [1.82, 2.24) is 5.43 Å². The third kappa shape index (κ3) is 16.1. The summed E-state index contributed by atoms with van der Waals surface area (Å²) in [4.78, 5) is 11.5. The summed E-state index contributed by atoms with van der Waals surface area (Å²) in [5.41, 5.74) is 2.27. The minimum absolute atomic E-state index is 0.00917. The number of rotatable bonds is 17. The van der Waals surface area contributed by atoms with E-state index >= 15 is 0 Å². The number of amides is 1. The Labute approximate surface area is 156 Å². The molecule has 1 unspecified atom stereocenters. The number of hydrazine groups is 1. The number of carbonyl (C=O) groups is 1. The van der Waals surface area contributed by atoms with Gasteiger partial charge in [0, 0.05) is 5.92 Å². The quantitative estimate of drug-likeness (QED) is 0.108. The van der Waals surface area contributed by atoms with Gasteiger partial charge in [-0.1, -0.05) is 83.1 Å². The maximum Gasteiger partial charge on any atom is 0.236 e. The smallest absolute Gasteiger partial charge is 0.236 e. The van der Waals surface area contributed by atoms with Crippen molar-refractivity contribution >= 4 is 5.91 Å². The van der Waals surface area contributed by atoms with Crippen LogP contribution in [0.2, 0.25) is 0 Å². The molecule has 3 heteroatoms. The highest BCUT2D eigenvalue weighted by Crippen LogP contribution is 2.15. The van der Waals surface area contributed by atoms with Gasteiger partial charge in [0.15, 0.2) is 0 Å². The third-order valence-corrected chi connectivity index (χ3v) is 4.76. The van der Waals surface area contributed by atoms with E-state index in [2.05, 4.69) is 43.6 Å². The fourth-order valence-electron chi connectivity index (χ4n) is 3.02. The number of allylic oxidation sites excluding steroid dienone is 4. The molecule has 0 aliphatic heterocycles. The van der Waals surface area contributed by atoms with Crippen molar-refractivity contribution in [3.05, 3.63) is 24.3 Å². The number of hydrogen-bond acceptors (Lipinski definition) is 2. The van der Waals surface area contributed by atoms with Crippen molar-refractivity contribution in [1.29, 1.82) is 0 Å². The van der Waals surface area contributed by atoms with Crippen LogP contribution in [0.3, 0.4) is 0 Å². The SMILES string of the molecule is CCCCCC=CCC=CCCCCCCCCC(CC)C(=O)NN. The van der Waals surface area contributed by atoms with Gasteiger partial charge >= 0.3 is 0 Å². The maximum absolute atomic E-state index is 11.5. The van der Waals surface area contributed by atoms with E-state index in [0.29, 0.717) is 0 Å². The molecule has 0 radical (unpaired) electrons. The first-order valence-electron chi connectivity index (χ1n) is 10.6. The zero-order valence-electron chi connectivity index (χ0n) is 16.8. The van der Waals surface area contributed by atoms with Crippen molar-refractivity contribution in [3.63, 3.8) is 0 Å². The molecule has 0 aliphatic carbocycles. The minimum atomic E-state index is -0.00917. The van der Waals surface area contributed by atoms with E-state index in [-0.39, 0.29) is 11.8 Å². The molecular formula is C22H42N2O. The summed E-state index contributed by atoms with van der Waals surface area (Å²) in [6.45, 7) is 4.30. The monoisotopic (exact) mass is 350 g/mol. The first-order valence-corrected chi connectivity index (χ1v) is 10.6. The van der Waals surface area contributed by atoms with Crippen LogP contribution in [0.15, 0.2) is 24.3 Å². The van der Waals surface area contributed by atoms with Crippen LogP contribution in [-0.2, 0) is 4.79 Å².